The molecule has 4 unspecified atom stereocenters. The number of carbonyl (C=O) groups excluding carboxylic acids is 6. The Morgan fingerprint density at radius 1 is 0.828 bits per heavy atom. The highest BCUT2D eigenvalue weighted by atomic mass is 16.6. The average Bonchev–Trinajstić information content (AvgIpc) is 3.73. The summed E-state index contributed by atoms with van der Waals surface area (Å²) in [6.45, 7) is 32.9. The van der Waals surface area contributed by atoms with Crippen LogP contribution in [-0.4, -0.2) is 82.8 Å². The van der Waals surface area contributed by atoms with Gasteiger partial charge in [-0.1, -0.05) is 113 Å². The average molecular weight is 822 g/mol. The highest BCUT2D eigenvalue weighted by Crippen LogP contribution is 2.30. The summed E-state index contributed by atoms with van der Waals surface area (Å²) in [4.78, 5) is 81.3. The van der Waals surface area contributed by atoms with E-state index in [0.717, 1.165) is 44.9 Å². The molecule has 2 aliphatic rings. The number of nitrogens with zero attached hydrogens (tertiary/aromatic N) is 1. The molecule has 338 valence electrons. The number of carbonyl (C=O) groups is 6. The van der Waals surface area contributed by atoms with Crippen molar-refractivity contribution in [3.05, 3.63) is 24.8 Å². The van der Waals surface area contributed by atoms with Crippen molar-refractivity contribution < 1.29 is 33.5 Å². The van der Waals surface area contributed by atoms with Crippen LogP contribution in [0, 0.1) is 11.8 Å². The molecule has 0 aromatic heterocycles. The Labute approximate surface area is 354 Å². The molecular formula is C46H87N5O7. The van der Waals surface area contributed by atoms with Crippen LogP contribution in [0.15, 0.2) is 24.8 Å². The molecule has 0 radical (unpaired) electrons. The SMILES string of the molecule is C=CCCC(NC(=O)C1CCCN1C(=O)C(NC(=O)NC(C)(C)CC)C1CCCCC1)C(=O)C(=O)NCC(=O)OC(C)(C)C(/C=C\C)CCC.CC.CC.CC.CC. The number of amides is 5. The lowest BCUT2D eigenvalue weighted by molar-refractivity contribution is -0.160. The second-order valence-corrected chi connectivity index (χ2v) is 14.9. The van der Waals surface area contributed by atoms with Crippen LogP contribution in [-0.2, 0) is 28.7 Å². The summed E-state index contributed by atoms with van der Waals surface area (Å²) in [7, 11) is 0. The van der Waals surface area contributed by atoms with Crippen LogP contribution in [0.25, 0.3) is 0 Å². The van der Waals surface area contributed by atoms with Crippen molar-refractivity contribution >= 4 is 35.5 Å². The van der Waals surface area contributed by atoms with E-state index in [-0.39, 0.29) is 24.2 Å². The van der Waals surface area contributed by atoms with Crippen molar-refractivity contribution in [3.63, 3.8) is 0 Å². The van der Waals surface area contributed by atoms with E-state index in [1.165, 1.54) is 4.90 Å². The van der Waals surface area contributed by atoms with Gasteiger partial charge in [-0.15, -0.1) is 6.58 Å². The molecule has 5 amide bonds. The summed E-state index contributed by atoms with van der Waals surface area (Å²) in [6, 6.07) is -3.27. The maximum absolute atomic E-state index is 14.1. The number of hydrogen-bond donors (Lipinski definition) is 4. The minimum Gasteiger partial charge on any atom is -0.458 e. The lowest BCUT2D eigenvalue weighted by Crippen LogP contribution is -2.60. The summed E-state index contributed by atoms with van der Waals surface area (Å²) in [5.74, 6) is -3.54. The Balaban J connectivity index is -0.00000355. The molecule has 58 heavy (non-hydrogen) atoms. The van der Waals surface area contributed by atoms with Gasteiger partial charge in [0.1, 0.15) is 24.2 Å². The first-order valence-electron chi connectivity index (χ1n) is 22.6. The van der Waals surface area contributed by atoms with E-state index in [1.54, 1.807) is 6.08 Å². The molecule has 1 aliphatic carbocycles. The predicted molar refractivity (Wildman–Crippen MR) is 239 cm³/mol. The molecule has 12 nitrogen and oxygen atoms in total. The minimum atomic E-state index is -1.19. The molecule has 1 saturated heterocycles. The van der Waals surface area contributed by atoms with Crippen LogP contribution in [0.3, 0.4) is 0 Å². The van der Waals surface area contributed by atoms with Gasteiger partial charge in [-0.05, 0) is 91.9 Å². The van der Waals surface area contributed by atoms with Crippen molar-refractivity contribution in [2.45, 2.75) is 210 Å². The van der Waals surface area contributed by atoms with Gasteiger partial charge in [-0.3, -0.25) is 24.0 Å². The van der Waals surface area contributed by atoms with Crippen molar-refractivity contribution in [3.8, 4) is 0 Å². The lowest BCUT2D eigenvalue weighted by Gasteiger charge is -2.35. The van der Waals surface area contributed by atoms with Crippen molar-refractivity contribution in [2.75, 3.05) is 13.1 Å². The van der Waals surface area contributed by atoms with E-state index < -0.39 is 65.4 Å². The highest BCUT2D eigenvalue weighted by Gasteiger charge is 2.42. The zero-order valence-corrected chi connectivity index (χ0v) is 39.5. The van der Waals surface area contributed by atoms with Gasteiger partial charge >= 0.3 is 12.0 Å². The molecule has 0 aromatic carbocycles. The van der Waals surface area contributed by atoms with Crippen molar-refractivity contribution in [2.24, 2.45) is 11.8 Å². The fraction of sp³-hybridized carbons (Fsp3) is 0.783. The number of urea groups is 1. The van der Waals surface area contributed by atoms with Gasteiger partial charge in [0.25, 0.3) is 5.91 Å². The second-order valence-electron chi connectivity index (χ2n) is 14.9. The molecule has 2 rings (SSSR count). The van der Waals surface area contributed by atoms with Crippen molar-refractivity contribution in [1.82, 2.24) is 26.2 Å². The minimum absolute atomic E-state index is 0.0154. The fourth-order valence-corrected chi connectivity index (χ4v) is 6.75. The van der Waals surface area contributed by atoms with Crippen molar-refractivity contribution in [1.29, 1.82) is 0 Å². The van der Waals surface area contributed by atoms with Crippen LogP contribution in [0.2, 0.25) is 0 Å². The summed E-state index contributed by atoms with van der Waals surface area (Å²) < 4.78 is 5.68. The van der Waals surface area contributed by atoms with Crippen LogP contribution in [0.4, 0.5) is 4.79 Å². The summed E-state index contributed by atoms with van der Waals surface area (Å²) in [5.41, 5.74) is -1.28. The maximum atomic E-state index is 14.1. The topological polar surface area (TPSA) is 163 Å². The van der Waals surface area contributed by atoms with E-state index in [2.05, 4.69) is 27.8 Å². The molecule has 2 fully saturated rings. The number of likely N-dealkylation sites (tertiary alicyclic amines) is 1. The summed E-state index contributed by atoms with van der Waals surface area (Å²) in [6.07, 6.45) is 13.9. The van der Waals surface area contributed by atoms with Gasteiger partial charge in [0.05, 0.1) is 6.04 Å². The molecule has 0 spiro atoms. The first-order valence-corrected chi connectivity index (χ1v) is 22.6. The molecule has 0 bridgehead atoms. The molecule has 1 heterocycles. The summed E-state index contributed by atoms with van der Waals surface area (Å²) in [5, 5.41) is 11.0. The third kappa shape index (κ3) is 21.3. The molecule has 1 aliphatic heterocycles. The number of rotatable bonds is 19. The van der Waals surface area contributed by atoms with E-state index in [1.807, 2.05) is 116 Å². The van der Waals surface area contributed by atoms with Gasteiger partial charge in [0.2, 0.25) is 17.6 Å². The van der Waals surface area contributed by atoms with Gasteiger partial charge in [0, 0.05) is 18.0 Å². The standard InChI is InChI=1S/C38H63N5O7.4C2H6/c1-9-13-22-28(32(45)34(47)39-25-30(44)50-38(7,8)27(18-10-2)19-11-3)40-33(46)29-23-17-24-43(29)35(48)31(26-20-15-14-16-21-26)41-36(49)42-37(5,6)12-4;4*1-2/h9-10,18,26-29,31H,1,11-17,19-25H2,2-8H3,(H,39,47)(H,40,46)(H2,41,42,49);4*1-2H3/b18-10-;;;;. The molecule has 4 atom stereocenters. The van der Waals surface area contributed by atoms with Crippen LogP contribution < -0.4 is 21.3 Å². The maximum Gasteiger partial charge on any atom is 0.325 e. The Morgan fingerprint density at radius 3 is 1.93 bits per heavy atom. The van der Waals surface area contributed by atoms with Gasteiger partial charge in [0.15, 0.2) is 0 Å². The smallest absolute Gasteiger partial charge is 0.325 e. The number of Topliss-reactive ketones (excluding diaryl/α,β-unsaturated/α-hetero) is 1. The van der Waals surface area contributed by atoms with E-state index in [0.29, 0.717) is 32.2 Å². The Kier molecular flexibility index (Phi) is 33.5. The zero-order chi connectivity index (χ0) is 45.5. The van der Waals surface area contributed by atoms with Gasteiger partial charge in [-0.25, -0.2) is 4.79 Å². The van der Waals surface area contributed by atoms with E-state index in [4.69, 9.17) is 4.74 Å². The second kappa shape index (κ2) is 33.2. The van der Waals surface area contributed by atoms with Crippen LogP contribution >= 0.6 is 0 Å². The quantitative estimate of drug-likeness (QED) is 0.0574. The zero-order valence-electron chi connectivity index (χ0n) is 39.5. The normalized spacial score (nSPS) is 16.7. The van der Waals surface area contributed by atoms with E-state index in [9.17, 15) is 28.8 Å². The van der Waals surface area contributed by atoms with E-state index >= 15 is 0 Å². The third-order valence-corrected chi connectivity index (χ3v) is 10.1. The molecule has 1 saturated carbocycles. The molecule has 0 aromatic rings. The van der Waals surface area contributed by atoms with Crippen LogP contribution in [0.1, 0.15) is 181 Å². The number of esters is 1. The highest BCUT2D eigenvalue weighted by molar-refractivity contribution is 6.38. The number of ether oxygens (including phenoxy) is 1. The Bertz CT molecular complexity index is 1230. The number of nitrogens with one attached hydrogen (secondary N) is 4. The monoisotopic (exact) mass is 822 g/mol. The first kappa shape index (κ1) is 58.6. The summed E-state index contributed by atoms with van der Waals surface area (Å²) >= 11 is 0. The van der Waals surface area contributed by atoms with Gasteiger partial charge < -0.3 is 30.9 Å². The predicted octanol–water partition coefficient (Wildman–Crippen LogP) is 8.97. The van der Waals surface area contributed by atoms with Gasteiger partial charge in [-0.2, -0.15) is 0 Å². The fourth-order valence-electron chi connectivity index (χ4n) is 6.75. The first-order chi connectivity index (χ1) is 27.6. The number of hydrogen-bond acceptors (Lipinski definition) is 7. The molecule has 4 N–H and O–H groups in total. The molecular weight excluding hydrogens is 735 g/mol. The molecule has 12 heteroatoms. The number of ketones is 1. The third-order valence-electron chi connectivity index (χ3n) is 10.1. The number of allylic oxidation sites excluding steroid dienone is 2. The van der Waals surface area contributed by atoms with Crippen LogP contribution in [0.5, 0.6) is 0 Å². The Hall–Kier alpha value is -3.70. The Morgan fingerprint density at radius 2 is 1.41 bits per heavy atom. The lowest BCUT2D eigenvalue weighted by atomic mass is 9.83. The largest absolute Gasteiger partial charge is 0.458 e.